The standard InChI is InChI=1S/C15H16N2O5S2/c1-22-11-2-4-12(5-3-11)24(20,21)17-9-14-10(6-7-23-14)8-13(17)15(18)16-19/h2-7,13,19H,8-9H2,1H3,(H,16,18)/t13-/m1/s1. The first-order chi connectivity index (χ1) is 11.5. The number of methoxy groups -OCH3 is 1. The Balaban J connectivity index is 2.01. The van der Waals surface area contributed by atoms with Crippen LogP contribution in [0.25, 0.3) is 0 Å². The third-order valence-electron chi connectivity index (χ3n) is 3.98. The van der Waals surface area contributed by atoms with Crippen LogP contribution >= 0.6 is 11.3 Å². The maximum absolute atomic E-state index is 13.0. The number of amides is 1. The summed E-state index contributed by atoms with van der Waals surface area (Å²) in [5.41, 5.74) is 2.49. The smallest absolute Gasteiger partial charge is 0.262 e. The molecule has 0 bridgehead atoms. The number of ether oxygens (including phenoxy) is 1. The molecular formula is C15H16N2O5S2. The van der Waals surface area contributed by atoms with Gasteiger partial charge in [0.25, 0.3) is 5.91 Å². The molecule has 0 saturated heterocycles. The minimum atomic E-state index is -3.90. The molecule has 1 atom stereocenters. The number of fused-ring (bicyclic) bond motifs is 1. The lowest BCUT2D eigenvalue weighted by Gasteiger charge is -2.33. The monoisotopic (exact) mass is 368 g/mol. The van der Waals surface area contributed by atoms with E-state index in [1.165, 1.54) is 30.6 Å². The second-order valence-electron chi connectivity index (χ2n) is 5.29. The molecule has 0 fully saturated rings. The van der Waals surface area contributed by atoms with Crippen LogP contribution in [0.2, 0.25) is 0 Å². The highest BCUT2D eigenvalue weighted by Gasteiger charge is 2.40. The average Bonchev–Trinajstić information content (AvgIpc) is 3.07. The number of sulfonamides is 1. The minimum absolute atomic E-state index is 0.0686. The highest BCUT2D eigenvalue weighted by molar-refractivity contribution is 7.89. The second-order valence-corrected chi connectivity index (χ2v) is 8.18. The van der Waals surface area contributed by atoms with Crippen molar-refractivity contribution in [3.8, 4) is 5.75 Å². The Kier molecular flexibility index (Phi) is 4.59. The maximum atomic E-state index is 13.0. The first kappa shape index (κ1) is 16.9. The number of benzene rings is 1. The fraction of sp³-hybridized carbons (Fsp3) is 0.267. The van der Waals surface area contributed by atoms with Crippen LogP contribution in [0.5, 0.6) is 5.75 Å². The molecular weight excluding hydrogens is 352 g/mol. The Bertz CT molecular complexity index is 845. The van der Waals surface area contributed by atoms with Gasteiger partial charge in [-0.2, -0.15) is 4.31 Å². The van der Waals surface area contributed by atoms with Crippen LogP contribution in [-0.2, 0) is 27.8 Å². The van der Waals surface area contributed by atoms with E-state index in [9.17, 15) is 13.2 Å². The van der Waals surface area contributed by atoms with Gasteiger partial charge in [-0.25, -0.2) is 13.9 Å². The number of hydrogen-bond acceptors (Lipinski definition) is 6. The van der Waals surface area contributed by atoms with Crippen molar-refractivity contribution in [2.45, 2.75) is 23.9 Å². The molecule has 2 aromatic rings. The van der Waals surface area contributed by atoms with E-state index >= 15 is 0 Å². The molecule has 128 valence electrons. The highest BCUT2D eigenvalue weighted by atomic mass is 32.2. The van der Waals surface area contributed by atoms with Gasteiger partial charge in [-0.3, -0.25) is 10.0 Å². The van der Waals surface area contributed by atoms with Crippen LogP contribution in [0.4, 0.5) is 0 Å². The van der Waals surface area contributed by atoms with Crippen molar-refractivity contribution in [2.75, 3.05) is 7.11 Å². The van der Waals surface area contributed by atoms with Gasteiger partial charge in [-0.05, 0) is 47.7 Å². The van der Waals surface area contributed by atoms with Crippen molar-refractivity contribution >= 4 is 27.3 Å². The van der Waals surface area contributed by atoms with Gasteiger partial charge < -0.3 is 4.74 Å². The van der Waals surface area contributed by atoms with Gasteiger partial charge in [0.05, 0.1) is 12.0 Å². The largest absolute Gasteiger partial charge is 0.497 e. The summed E-state index contributed by atoms with van der Waals surface area (Å²) in [5.74, 6) is -0.207. The van der Waals surface area contributed by atoms with Gasteiger partial charge >= 0.3 is 0 Å². The van der Waals surface area contributed by atoms with Gasteiger partial charge in [-0.1, -0.05) is 0 Å². The summed E-state index contributed by atoms with van der Waals surface area (Å²) in [7, 11) is -2.41. The van der Waals surface area contributed by atoms with E-state index in [2.05, 4.69) is 0 Å². The molecule has 1 aliphatic rings. The molecule has 0 unspecified atom stereocenters. The molecule has 9 heteroatoms. The summed E-state index contributed by atoms with van der Waals surface area (Å²) in [5, 5.41) is 10.8. The number of hydroxylamine groups is 1. The maximum Gasteiger partial charge on any atom is 0.262 e. The van der Waals surface area contributed by atoms with E-state index in [0.29, 0.717) is 5.75 Å². The third kappa shape index (κ3) is 2.91. The van der Waals surface area contributed by atoms with E-state index in [-0.39, 0.29) is 17.9 Å². The van der Waals surface area contributed by atoms with E-state index in [1.807, 2.05) is 11.4 Å². The van der Waals surface area contributed by atoms with Gasteiger partial charge in [0.1, 0.15) is 11.8 Å². The molecule has 0 spiro atoms. The predicted molar refractivity (Wildman–Crippen MR) is 87.5 cm³/mol. The van der Waals surface area contributed by atoms with Crippen molar-refractivity contribution in [1.29, 1.82) is 0 Å². The molecule has 2 heterocycles. The summed E-state index contributed by atoms with van der Waals surface area (Å²) >= 11 is 1.45. The van der Waals surface area contributed by atoms with Crippen molar-refractivity contribution in [3.63, 3.8) is 0 Å². The zero-order valence-corrected chi connectivity index (χ0v) is 14.4. The predicted octanol–water partition coefficient (Wildman–Crippen LogP) is 1.38. The molecule has 0 aliphatic carbocycles. The lowest BCUT2D eigenvalue weighted by Crippen LogP contribution is -2.51. The number of hydrogen-bond donors (Lipinski definition) is 2. The number of rotatable bonds is 4. The third-order valence-corrected chi connectivity index (χ3v) is 6.79. The highest BCUT2D eigenvalue weighted by Crippen LogP contribution is 2.32. The van der Waals surface area contributed by atoms with Crippen LogP contribution in [0.15, 0.2) is 40.6 Å². The van der Waals surface area contributed by atoms with Crippen molar-refractivity contribution in [1.82, 2.24) is 9.79 Å². The van der Waals surface area contributed by atoms with Crippen LogP contribution in [0, 0.1) is 0 Å². The number of thiophene rings is 1. The average molecular weight is 368 g/mol. The van der Waals surface area contributed by atoms with E-state index in [1.54, 1.807) is 17.6 Å². The fourth-order valence-electron chi connectivity index (χ4n) is 2.68. The molecule has 2 N–H and O–H groups in total. The molecule has 1 aromatic heterocycles. The SMILES string of the molecule is COc1ccc(S(=O)(=O)N2Cc3sccc3C[C@@H]2C(=O)NO)cc1. The summed E-state index contributed by atoms with van der Waals surface area (Å²) in [6.45, 7) is 0.0967. The van der Waals surface area contributed by atoms with Gasteiger partial charge in [0.15, 0.2) is 0 Å². The molecule has 1 aliphatic heterocycles. The fourth-order valence-corrected chi connectivity index (χ4v) is 5.23. The number of carbonyl (C=O) groups excluding carboxylic acids is 1. The van der Waals surface area contributed by atoms with Crippen LogP contribution in [0.1, 0.15) is 10.4 Å². The zero-order valence-electron chi connectivity index (χ0n) is 12.8. The normalized spacial score (nSPS) is 18.0. The van der Waals surface area contributed by atoms with Crippen molar-refractivity contribution in [2.24, 2.45) is 0 Å². The summed E-state index contributed by atoms with van der Waals surface area (Å²) in [6.07, 6.45) is 0.223. The first-order valence-corrected chi connectivity index (χ1v) is 9.44. The quantitative estimate of drug-likeness (QED) is 0.628. The van der Waals surface area contributed by atoms with Crippen LogP contribution in [0.3, 0.4) is 0 Å². The van der Waals surface area contributed by atoms with Gasteiger partial charge in [0, 0.05) is 11.4 Å². The van der Waals surface area contributed by atoms with Gasteiger partial charge in [0.2, 0.25) is 10.0 Å². The Morgan fingerprint density at radius 1 is 1.33 bits per heavy atom. The molecule has 3 rings (SSSR count). The molecule has 7 nitrogen and oxygen atoms in total. The lowest BCUT2D eigenvalue weighted by molar-refractivity contribution is -0.133. The Hall–Kier alpha value is -1.94. The molecule has 0 saturated carbocycles. The minimum Gasteiger partial charge on any atom is -0.497 e. The topological polar surface area (TPSA) is 95.9 Å². The number of nitrogens with one attached hydrogen (secondary N) is 1. The Labute approximate surface area is 143 Å². The van der Waals surface area contributed by atoms with Crippen molar-refractivity contribution < 1.29 is 23.2 Å². The molecule has 0 radical (unpaired) electrons. The van der Waals surface area contributed by atoms with Gasteiger partial charge in [-0.15, -0.1) is 11.3 Å². The number of carbonyl (C=O) groups is 1. The number of nitrogens with zero attached hydrogens (tertiary/aromatic N) is 1. The summed E-state index contributed by atoms with van der Waals surface area (Å²) < 4.78 is 32.1. The first-order valence-electron chi connectivity index (χ1n) is 7.12. The van der Waals surface area contributed by atoms with Crippen LogP contribution < -0.4 is 10.2 Å². The Morgan fingerprint density at radius 2 is 2.04 bits per heavy atom. The summed E-state index contributed by atoms with van der Waals surface area (Å²) in [4.78, 5) is 13.0. The molecule has 24 heavy (non-hydrogen) atoms. The van der Waals surface area contributed by atoms with Crippen LogP contribution in [-0.4, -0.2) is 37.0 Å². The van der Waals surface area contributed by atoms with E-state index < -0.39 is 22.0 Å². The molecule has 1 aromatic carbocycles. The zero-order chi connectivity index (χ0) is 17.3. The summed E-state index contributed by atoms with van der Waals surface area (Å²) in [6, 6.07) is 6.85. The lowest BCUT2D eigenvalue weighted by atomic mass is 10.0. The van der Waals surface area contributed by atoms with Crippen molar-refractivity contribution in [3.05, 3.63) is 46.2 Å². The van der Waals surface area contributed by atoms with E-state index in [4.69, 9.17) is 9.94 Å². The Morgan fingerprint density at radius 3 is 2.67 bits per heavy atom. The second kappa shape index (κ2) is 6.52. The van der Waals surface area contributed by atoms with E-state index in [0.717, 1.165) is 14.7 Å². The molecule has 1 amide bonds.